The van der Waals surface area contributed by atoms with E-state index in [-0.39, 0.29) is 44.6 Å². The Bertz CT molecular complexity index is 959. The number of ether oxygens (including phenoxy) is 1. The molecule has 3 amide bonds. The minimum atomic E-state index is -3.39. The van der Waals surface area contributed by atoms with Crippen LogP contribution >= 0.6 is 0 Å². The lowest BCUT2D eigenvalue weighted by Crippen LogP contribution is -2.56. The van der Waals surface area contributed by atoms with E-state index in [4.69, 9.17) is 4.74 Å². The predicted molar refractivity (Wildman–Crippen MR) is 133 cm³/mol. The highest BCUT2D eigenvalue weighted by atomic mass is 32.2. The normalized spacial score (nSPS) is 15.3. The predicted octanol–water partition coefficient (Wildman–Crippen LogP) is 1.64. The number of unbranched alkanes of at least 4 members (excludes halogenated alkanes) is 1. The zero-order valence-corrected chi connectivity index (χ0v) is 21.3. The molecule has 0 bridgehead atoms. The largest absolute Gasteiger partial charge is 0.445 e. The number of rotatable bonds is 12. The molecule has 1 fully saturated rings. The van der Waals surface area contributed by atoms with Gasteiger partial charge in [0.2, 0.25) is 21.8 Å². The van der Waals surface area contributed by atoms with E-state index in [0.717, 1.165) is 5.56 Å². The van der Waals surface area contributed by atoms with Gasteiger partial charge in [0.15, 0.2) is 0 Å². The van der Waals surface area contributed by atoms with E-state index < -0.39 is 27.4 Å². The third kappa shape index (κ3) is 8.99. The molecule has 1 aliphatic rings. The van der Waals surface area contributed by atoms with Crippen molar-refractivity contribution < 1.29 is 27.5 Å². The van der Waals surface area contributed by atoms with Crippen molar-refractivity contribution in [3.05, 3.63) is 48.6 Å². The molecule has 1 unspecified atom stereocenters. The number of carbonyl (C=O) groups is 3. The maximum absolute atomic E-state index is 13.2. The number of hydrogen-bond donors (Lipinski definition) is 2. The van der Waals surface area contributed by atoms with Crippen LogP contribution in [-0.2, 0) is 31.0 Å². The molecule has 1 aromatic carbocycles. The van der Waals surface area contributed by atoms with E-state index in [1.165, 1.54) is 10.4 Å². The van der Waals surface area contributed by atoms with Crippen LogP contribution in [0, 0.1) is 0 Å². The highest BCUT2D eigenvalue weighted by Crippen LogP contribution is 2.14. The van der Waals surface area contributed by atoms with Crippen molar-refractivity contribution in [2.45, 2.75) is 51.0 Å². The number of benzene rings is 1. The summed E-state index contributed by atoms with van der Waals surface area (Å²) in [5.74, 6) is -0.548. The van der Waals surface area contributed by atoms with Gasteiger partial charge in [0.25, 0.3) is 0 Å². The topological polar surface area (TPSA) is 125 Å². The van der Waals surface area contributed by atoms with Crippen LogP contribution in [0.2, 0.25) is 0 Å². The highest BCUT2D eigenvalue weighted by Gasteiger charge is 2.33. The molecule has 0 radical (unpaired) electrons. The fraction of sp³-hybridized carbons (Fsp3) is 0.542. The molecular weight excluding hydrogens is 472 g/mol. The summed E-state index contributed by atoms with van der Waals surface area (Å²) >= 11 is 0. The Hall–Kier alpha value is -2.92. The van der Waals surface area contributed by atoms with E-state index >= 15 is 0 Å². The first-order valence-electron chi connectivity index (χ1n) is 11.8. The third-order valence-electron chi connectivity index (χ3n) is 5.71. The molecular formula is C24H36N4O6S. The lowest BCUT2D eigenvalue weighted by Gasteiger charge is -2.36. The summed E-state index contributed by atoms with van der Waals surface area (Å²) in [5, 5.41) is 4.82. The molecule has 1 heterocycles. The molecule has 1 atom stereocenters. The summed E-state index contributed by atoms with van der Waals surface area (Å²) in [6.45, 7) is 8.08. The number of hydrogen-bond acceptors (Lipinski definition) is 6. The van der Waals surface area contributed by atoms with Gasteiger partial charge in [-0.25, -0.2) is 13.2 Å². The third-order valence-corrected chi connectivity index (χ3v) is 7.99. The Morgan fingerprint density at radius 2 is 1.74 bits per heavy atom. The van der Waals surface area contributed by atoms with Crippen molar-refractivity contribution in [2.24, 2.45) is 0 Å². The van der Waals surface area contributed by atoms with Crippen LogP contribution in [0.25, 0.3) is 0 Å². The molecule has 194 valence electrons. The second-order valence-electron chi connectivity index (χ2n) is 8.57. The van der Waals surface area contributed by atoms with Crippen LogP contribution < -0.4 is 10.6 Å². The fourth-order valence-corrected chi connectivity index (χ4v) is 4.87. The molecule has 1 saturated heterocycles. The van der Waals surface area contributed by atoms with Gasteiger partial charge in [0.05, 0.1) is 5.25 Å². The van der Waals surface area contributed by atoms with Gasteiger partial charge in [-0.2, -0.15) is 4.31 Å². The summed E-state index contributed by atoms with van der Waals surface area (Å²) in [4.78, 5) is 38.5. The second kappa shape index (κ2) is 13.8. The lowest BCUT2D eigenvalue weighted by atomic mass is 10.1. The Labute approximate surface area is 207 Å². The van der Waals surface area contributed by atoms with Gasteiger partial charge in [-0.1, -0.05) is 36.9 Å². The highest BCUT2D eigenvalue weighted by molar-refractivity contribution is 7.89. The van der Waals surface area contributed by atoms with E-state index in [1.807, 2.05) is 30.3 Å². The molecule has 1 aromatic rings. The van der Waals surface area contributed by atoms with Crippen molar-refractivity contribution in [3.63, 3.8) is 0 Å². The maximum atomic E-state index is 13.2. The van der Waals surface area contributed by atoms with Crippen molar-refractivity contribution >= 4 is 27.9 Å². The Balaban J connectivity index is 1.95. The molecule has 1 aliphatic heterocycles. The first kappa shape index (κ1) is 28.3. The molecule has 0 saturated carbocycles. The monoisotopic (exact) mass is 508 g/mol. The quantitative estimate of drug-likeness (QED) is 0.327. The van der Waals surface area contributed by atoms with E-state index in [1.54, 1.807) is 18.7 Å². The SMILES string of the molecule is C=CC(=O)NCCCCC(NC(=O)OCc1ccccc1)C(=O)N1CCN(S(=O)(=O)C(C)C)CC1. The maximum Gasteiger partial charge on any atom is 0.408 e. The molecule has 0 spiro atoms. The van der Waals surface area contributed by atoms with Crippen molar-refractivity contribution in [2.75, 3.05) is 32.7 Å². The minimum absolute atomic E-state index is 0.0763. The second-order valence-corrected chi connectivity index (χ2v) is 11.1. The van der Waals surface area contributed by atoms with Gasteiger partial charge in [0, 0.05) is 32.7 Å². The molecule has 0 aromatic heterocycles. The number of nitrogens with one attached hydrogen (secondary N) is 2. The summed E-state index contributed by atoms with van der Waals surface area (Å²) in [6, 6.07) is 8.39. The average molecular weight is 509 g/mol. The molecule has 35 heavy (non-hydrogen) atoms. The van der Waals surface area contributed by atoms with Crippen molar-refractivity contribution in [3.8, 4) is 0 Å². The minimum Gasteiger partial charge on any atom is -0.445 e. The fourth-order valence-electron chi connectivity index (χ4n) is 3.60. The Morgan fingerprint density at radius 1 is 1.09 bits per heavy atom. The number of alkyl carbamates (subject to hydrolysis) is 1. The van der Waals surface area contributed by atoms with Crippen LogP contribution in [0.15, 0.2) is 43.0 Å². The van der Waals surface area contributed by atoms with Gasteiger partial charge in [-0.05, 0) is 44.7 Å². The summed E-state index contributed by atoms with van der Waals surface area (Å²) in [7, 11) is -3.39. The Kier molecular flexibility index (Phi) is 11.2. The lowest BCUT2D eigenvalue weighted by molar-refractivity contribution is -0.134. The summed E-state index contributed by atoms with van der Waals surface area (Å²) in [5.41, 5.74) is 0.825. The number of sulfonamides is 1. The van der Waals surface area contributed by atoms with E-state index in [2.05, 4.69) is 17.2 Å². The average Bonchev–Trinajstić information content (AvgIpc) is 2.86. The van der Waals surface area contributed by atoms with Gasteiger partial charge in [0.1, 0.15) is 12.6 Å². The Morgan fingerprint density at radius 3 is 2.34 bits per heavy atom. The van der Waals surface area contributed by atoms with E-state index in [9.17, 15) is 22.8 Å². The first-order valence-corrected chi connectivity index (χ1v) is 13.3. The van der Waals surface area contributed by atoms with Crippen LogP contribution in [0.4, 0.5) is 4.79 Å². The molecule has 10 nitrogen and oxygen atoms in total. The van der Waals surface area contributed by atoms with Gasteiger partial charge >= 0.3 is 6.09 Å². The number of carbonyl (C=O) groups excluding carboxylic acids is 3. The molecule has 2 rings (SSSR count). The zero-order valence-electron chi connectivity index (χ0n) is 20.4. The van der Waals surface area contributed by atoms with Gasteiger partial charge in [-0.3, -0.25) is 9.59 Å². The summed E-state index contributed by atoms with van der Waals surface area (Å²) in [6.07, 6.45) is 2.04. The van der Waals surface area contributed by atoms with Gasteiger partial charge < -0.3 is 20.3 Å². The zero-order chi connectivity index (χ0) is 25.8. The number of piperazine rings is 1. The summed E-state index contributed by atoms with van der Waals surface area (Å²) < 4.78 is 31.5. The van der Waals surface area contributed by atoms with Crippen molar-refractivity contribution in [1.29, 1.82) is 0 Å². The van der Waals surface area contributed by atoms with Gasteiger partial charge in [-0.15, -0.1) is 0 Å². The molecule has 2 N–H and O–H groups in total. The number of nitrogens with zero attached hydrogens (tertiary/aromatic N) is 2. The standard InChI is InChI=1S/C24H36N4O6S/c1-4-22(29)25-13-9-8-12-21(26-24(31)34-18-20-10-6-5-7-11-20)23(30)27-14-16-28(17-15-27)35(32,33)19(2)3/h4-7,10-11,19,21H,1,8-9,12-18H2,2-3H3,(H,25,29)(H,26,31). The van der Waals surface area contributed by atoms with E-state index in [0.29, 0.717) is 25.8 Å². The van der Waals surface area contributed by atoms with Crippen molar-refractivity contribution in [1.82, 2.24) is 19.8 Å². The van der Waals surface area contributed by atoms with Crippen LogP contribution in [0.1, 0.15) is 38.7 Å². The molecule has 0 aliphatic carbocycles. The van der Waals surface area contributed by atoms with Crippen LogP contribution in [0.5, 0.6) is 0 Å². The van der Waals surface area contributed by atoms with Crippen LogP contribution in [-0.4, -0.2) is 79.5 Å². The van der Waals surface area contributed by atoms with Crippen LogP contribution in [0.3, 0.4) is 0 Å². The smallest absolute Gasteiger partial charge is 0.408 e. The molecule has 11 heteroatoms. The first-order chi connectivity index (χ1) is 16.6. The number of amides is 3.